The van der Waals surface area contributed by atoms with E-state index in [1.54, 1.807) is 0 Å². The quantitative estimate of drug-likeness (QED) is 0.467. The van der Waals surface area contributed by atoms with Gasteiger partial charge in [0.15, 0.2) is 0 Å². The van der Waals surface area contributed by atoms with Gasteiger partial charge in [-0.2, -0.15) is 31.4 Å². The maximum absolute atomic E-state index is 13.3. The predicted octanol–water partition coefficient (Wildman–Crippen LogP) is 4.66. The molecule has 4 aromatic rings. The number of nitrogens with one attached hydrogen (secondary N) is 1. The van der Waals surface area contributed by atoms with Gasteiger partial charge in [0.2, 0.25) is 5.65 Å². The van der Waals surface area contributed by atoms with E-state index >= 15 is 0 Å². The lowest BCUT2D eigenvalue weighted by Crippen LogP contribution is -2.09. The molecule has 4 heterocycles. The van der Waals surface area contributed by atoms with Crippen molar-refractivity contribution in [3.63, 3.8) is 0 Å². The number of anilines is 2. The predicted molar refractivity (Wildman–Crippen MR) is 95.9 cm³/mol. The van der Waals surface area contributed by atoms with Crippen LogP contribution in [-0.4, -0.2) is 30.1 Å². The lowest BCUT2D eigenvalue weighted by Gasteiger charge is -2.12. The molecule has 0 fully saturated rings. The van der Waals surface area contributed by atoms with E-state index in [0.717, 1.165) is 30.5 Å². The number of aromatic nitrogens is 6. The van der Waals surface area contributed by atoms with E-state index in [1.165, 1.54) is 12.4 Å². The summed E-state index contributed by atoms with van der Waals surface area (Å²) in [6.45, 7) is 0. The summed E-state index contributed by atoms with van der Waals surface area (Å²) in [5, 5.41) is 10.2. The minimum absolute atomic E-state index is 0.0669. The molecule has 0 atom stereocenters. The van der Waals surface area contributed by atoms with Crippen LogP contribution < -0.4 is 5.32 Å². The van der Waals surface area contributed by atoms with Crippen molar-refractivity contribution >= 4 is 22.7 Å². The highest BCUT2D eigenvalue weighted by atomic mass is 19.4. The Morgan fingerprint density at radius 3 is 2.29 bits per heavy atom. The van der Waals surface area contributed by atoms with E-state index in [0.29, 0.717) is 6.20 Å². The second-order valence-electron chi connectivity index (χ2n) is 6.14. The molecule has 0 spiro atoms. The van der Waals surface area contributed by atoms with Gasteiger partial charge in [-0.25, -0.2) is 15.0 Å². The van der Waals surface area contributed by atoms with Crippen molar-refractivity contribution < 1.29 is 26.3 Å². The lowest BCUT2D eigenvalue weighted by atomic mass is 10.1. The van der Waals surface area contributed by atoms with Gasteiger partial charge in [-0.3, -0.25) is 4.98 Å². The zero-order valence-corrected chi connectivity index (χ0v) is 15.1. The van der Waals surface area contributed by atoms with Gasteiger partial charge in [-0.05, 0) is 24.3 Å². The summed E-state index contributed by atoms with van der Waals surface area (Å²) in [5.74, 6) is 0.0669. The maximum atomic E-state index is 13.3. The fourth-order valence-electron chi connectivity index (χ4n) is 2.66. The Morgan fingerprint density at radius 2 is 1.61 bits per heavy atom. The number of hydrogen-bond acceptors (Lipinski definition) is 7. The van der Waals surface area contributed by atoms with Gasteiger partial charge in [-0.1, -0.05) is 0 Å². The normalized spacial score (nSPS) is 12.2. The van der Waals surface area contributed by atoms with Crippen LogP contribution in [0, 0.1) is 0 Å². The molecule has 0 aromatic carbocycles. The van der Waals surface area contributed by atoms with Gasteiger partial charge >= 0.3 is 12.4 Å². The lowest BCUT2D eigenvalue weighted by molar-refractivity contribution is -0.138. The fourth-order valence-corrected chi connectivity index (χ4v) is 2.66. The molecule has 0 bridgehead atoms. The zero-order valence-electron chi connectivity index (χ0n) is 15.1. The Bertz CT molecular complexity index is 1240. The Hall–Kier alpha value is -3.90. The van der Waals surface area contributed by atoms with Gasteiger partial charge in [0.1, 0.15) is 22.7 Å². The van der Waals surface area contributed by atoms with Crippen molar-refractivity contribution in [1.29, 1.82) is 0 Å². The number of rotatable bonds is 3. The van der Waals surface area contributed by atoms with E-state index in [4.69, 9.17) is 0 Å². The zero-order chi connectivity index (χ0) is 22.2. The van der Waals surface area contributed by atoms with E-state index < -0.39 is 29.2 Å². The highest BCUT2D eigenvalue weighted by molar-refractivity contribution is 5.86. The first kappa shape index (κ1) is 20.4. The van der Waals surface area contributed by atoms with Crippen LogP contribution in [-0.2, 0) is 12.4 Å². The van der Waals surface area contributed by atoms with Crippen molar-refractivity contribution in [2.75, 3.05) is 5.32 Å². The summed E-state index contributed by atoms with van der Waals surface area (Å²) in [6, 6.07) is 3.98. The van der Waals surface area contributed by atoms with E-state index in [-0.39, 0.29) is 28.4 Å². The largest absolute Gasteiger partial charge is 0.418 e. The number of alkyl halides is 6. The standard InChI is InChI=1S/C18H9F6N7/c19-17(20,21)9-3-4-13(26-6-9)29-12-8-28-31-16-15(12)27-7-11(30-16)14-10(18(22,23)24)2-1-5-25-14/h1-8H,(H,26,29,30,31). The van der Waals surface area contributed by atoms with Crippen LogP contribution in [0.3, 0.4) is 0 Å². The molecular formula is C18H9F6N7. The Labute approximate surface area is 169 Å². The minimum Gasteiger partial charge on any atom is -0.337 e. The molecular weight excluding hydrogens is 428 g/mol. The molecule has 1 N–H and O–H groups in total. The Morgan fingerprint density at radius 1 is 0.806 bits per heavy atom. The molecule has 0 radical (unpaired) electrons. The van der Waals surface area contributed by atoms with Gasteiger partial charge in [0.25, 0.3) is 0 Å². The second kappa shape index (κ2) is 7.41. The van der Waals surface area contributed by atoms with E-state index in [2.05, 4.69) is 35.5 Å². The van der Waals surface area contributed by atoms with Gasteiger partial charge < -0.3 is 5.32 Å². The summed E-state index contributed by atoms with van der Waals surface area (Å²) in [6.07, 6.45) is -5.01. The molecule has 13 heteroatoms. The average Bonchev–Trinajstić information content (AvgIpc) is 2.73. The average molecular weight is 437 g/mol. The van der Waals surface area contributed by atoms with Crippen molar-refractivity contribution in [2.45, 2.75) is 12.4 Å². The van der Waals surface area contributed by atoms with Gasteiger partial charge in [0, 0.05) is 12.4 Å². The SMILES string of the molecule is FC(F)(F)c1ccc(Nc2cnnc3nc(-c4ncccc4C(F)(F)F)cnc23)nc1. The summed E-state index contributed by atoms with van der Waals surface area (Å²) in [7, 11) is 0. The van der Waals surface area contributed by atoms with Crippen LogP contribution in [0.25, 0.3) is 22.6 Å². The molecule has 0 saturated heterocycles. The van der Waals surface area contributed by atoms with Crippen molar-refractivity contribution in [3.05, 3.63) is 60.2 Å². The first-order valence-corrected chi connectivity index (χ1v) is 8.44. The van der Waals surface area contributed by atoms with Crippen LogP contribution in [0.4, 0.5) is 37.8 Å². The first-order valence-electron chi connectivity index (χ1n) is 8.44. The van der Waals surface area contributed by atoms with Gasteiger partial charge in [-0.15, -0.1) is 5.10 Å². The number of nitrogens with zero attached hydrogens (tertiary/aromatic N) is 6. The topological polar surface area (TPSA) is 89.4 Å². The Balaban J connectivity index is 1.70. The molecule has 4 aromatic heterocycles. The van der Waals surface area contributed by atoms with Crippen LogP contribution >= 0.6 is 0 Å². The van der Waals surface area contributed by atoms with Crippen LogP contribution in [0.2, 0.25) is 0 Å². The molecule has 0 unspecified atom stereocenters. The second-order valence-corrected chi connectivity index (χ2v) is 6.14. The number of fused-ring (bicyclic) bond motifs is 1. The number of halogens is 6. The van der Waals surface area contributed by atoms with Crippen molar-refractivity contribution in [3.8, 4) is 11.4 Å². The minimum atomic E-state index is -4.65. The molecule has 0 saturated carbocycles. The monoisotopic (exact) mass is 437 g/mol. The Kier molecular flexibility index (Phi) is 4.87. The van der Waals surface area contributed by atoms with Gasteiger partial charge in [0.05, 0.1) is 29.2 Å². The molecule has 4 rings (SSSR count). The van der Waals surface area contributed by atoms with E-state index in [9.17, 15) is 26.3 Å². The molecule has 0 amide bonds. The summed E-state index contributed by atoms with van der Waals surface area (Å²) < 4.78 is 77.7. The molecule has 158 valence electrons. The van der Waals surface area contributed by atoms with Crippen LogP contribution in [0.1, 0.15) is 11.1 Å². The van der Waals surface area contributed by atoms with Crippen LogP contribution in [0.15, 0.2) is 49.1 Å². The van der Waals surface area contributed by atoms with Crippen molar-refractivity contribution in [2.24, 2.45) is 0 Å². The third kappa shape index (κ3) is 4.20. The molecule has 31 heavy (non-hydrogen) atoms. The molecule has 0 aliphatic rings. The summed E-state index contributed by atoms with van der Waals surface area (Å²) >= 11 is 0. The maximum Gasteiger partial charge on any atom is 0.418 e. The molecule has 7 nitrogen and oxygen atoms in total. The highest BCUT2D eigenvalue weighted by Crippen LogP contribution is 2.35. The third-order valence-electron chi connectivity index (χ3n) is 4.06. The number of pyridine rings is 2. The van der Waals surface area contributed by atoms with E-state index in [1.807, 2.05) is 0 Å². The number of hydrogen-bond donors (Lipinski definition) is 1. The molecule has 0 aliphatic carbocycles. The molecule has 0 aliphatic heterocycles. The third-order valence-corrected chi connectivity index (χ3v) is 4.06. The first-order chi connectivity index (χ1) is 14.6. The van der Waals surface area contributed by atoms with Crippen LogP contribution in [0.5, 0.6) is 0 Å². The smallest absolute Gasteiger partial charge is 0.337 e. The fraction of sp³-hybridized carbons (Fsp3) is 0.111. The highest BCUT2D eigenvalue weighted by Gasteiger charge is 2.35. The van der Waals surface area contributed by atoms with Crippen molar-refractivity contribution in [1.82, 2.24) is 30.1 Å². The summed E-state index contributed by atoms with van der Waals surface area (Å²) in [5.41, 5.74) is -2.25. The summed E-state index contributed by atoms with van der Waals surface area (Å²) in [4.78, 5) is 15.6.